The summed E-state index contributed by atoms with van der Waals surface area (Å²) >= 11 is 0. The van der Waals surface area contributed by atoms with Gasteiger partial charge in [0.2, 0.25) is 5.88 Å². The fourth-order valence-corrected chi connectivity index (χ4v) is 2.30. The van der Waals surface area contributed by atoms with Crippen LogP contribution in [0.5, 0.6) is 5.88 Å². The number of benzene rings is 1. The highest BCUT2D eigenvalue weighted by molar-refractivity contribution is 5.89. The third kappa shape index (κ3) is 3.01. The van der Waals surface area contributed by atoms with Crippen LogP contribution in [0.1, 0.15) is 11.3 Å². The third-order valence-electron chi connectivity index (χ3n) is 3.38. The van der Waals surface area contributed by atoms with E-state index in [-0.39, 0.29) is 0 Å². The maximum absolute atomic E-state index is 5.83. The van der Waals surface area contributed by atoms with Crippen molar-refractivity contribution in [2.45, 2.75) is 13.0 Å². The average molecular weight is 279 g/mol. The molecule has 2 N–H and O–H groups in total. The zero-order valence-corrected chi connectivity index (χ0v) is 11.7. The van der Waals surface area contributed by atoms with E-state index in [9.17, 15) is 0 Å². The number of pyridine rings is 2. The van der Waals surface area contributed by atoms with E-state index in [0.29, 0.717) is 19.0 Å². The van der Waals surface area contributed by atoms with Crippen molar-refractivity contribution >= 4 is 10.8 Å². The van der Waals surface area contributed by atoms with Gasteiger partial charge in [-0.2, -0.15) is 0 Å². The van der Waals surface area contributed by atoms with Crippen LogP contribution < -0.4 is 10.5 Å². The molecule has 0 amide bonds. The van der Waals surface area contributed by atoms with Crippen molar-refractivity contribution in [3.63, 3.8) is 0 Å². The van der Waals surface area contributed by atoms with E-state index < -0.39 is 0 Å². The molecule has 0 bridgehead atoms. The molecule has 2 heterocycles. The number of rotatable bonds is 5. The SMILES string of the molecule is NCc1cnc(OCCc2ccccn2)c2ccccc12. The first-order chi connectivity index (χ1) is 10.4. The maximum Gasteiger partial charge on any atom is 0.221 e. The molecule has 2 aromatic heterocycles. The largest absolute Gasteiger partial charge is 0.477 e. The molecule has 4 heteroatoms. The molecule has 0 aliphatic rings. The van der Waals surface area contributed by atoms with E-state index in [1.54, 1.807) is 12.4 Å². The summed E-state index contributed by atoms with van der Waals surface area (Å²) in [5, 5.41) is 2.10. The predicted octanol–water partition coefficient (Wildman–Crippen LogP) is 2.71. The van der Waals surface area contributed by atoms with Crippen molar-refractivity contribution in [3.8, 4) is 5.88 Å². The first-order valence-corrected chi connectivity index (χ1v) is 6.98. The summed E-state index contributed by atoms with van der Waals surface area (Å²) in [5.74, 6) is 0.652. The van der Waals surface area contributed by atoms with Crippen molar-refractivity contribution in [1.29, 1.82) is 0 Å². The molecule has 106 valence electrons. The molecular weight excluding hydrogens is 262 g/mol. The van der Waals surface area contributed by atoms with Gasteiger partial charge in [-0.1, -0.05) is 24.3 Å². The lowest BCUT2D eigenvalue weighted by Gasteiger charge is -2.10. The van der Waals surface area contributed by atoms with Crippen LogP contribution in [0, 0.1) is 0 Å². The molecule has 0 aliphatic carbocycles. The third-order valence-corrected chi connectivity index (χ3v) is 3.38. The van der Waals surface area contributed by atoms with E-state index in [1.165, 1.54) is 0 Å². The minimum atomic E-state index is 0.474. The standard InChI is InChI=1S/C17H17N3O/c18-11-13-12-20-17(16-7-2-1-6-15(13)16)21-10-8-14-5-3-4-9-19-14/h1-7,9,12H,8,10-11,18H2. The molecule has 3 aromatic rings. The van der Waals surface area contributed by atoms with Crippen LogP contribution in [-0.4, -0.2) is 16.6 Å². The Morgan fingerprint density at radius 2 is 1.76 bits per heavy atom. The Balaban J connectivity index is 1.78. The smallest absolute Gasteiger partial charge is 0.221 e. The first kappa shape index (κ1) is 13.5. The summed E-state index contributed by atoms with van der Waals surface area (Å²) in [6.07, 6.45) is 4.34. The summed E-state index contributed by atoms with van der Waals surface area (Å²) in [6.45, 7) is 1.03. The molecule has 0 fully saturated rings. The van der Waals surface area contributed by atoms with Crippen molar-refractivity contribution < 1.29 is 4.74 Å². The second-order valence-electron chi connectivity index (χ2n) is 4.76. The molecule has 0 aliphatic heterocycles. The zero-order valence-electron chi connectivity index (χ0n) is 11.7. The number of hydrogen-bond acceptors (Lipinski definition) is 4. The molecule has 4 nitrogen and oxygen atoms in total. The van der Waals surface area contributed by atoms with Crippen molar-refractivity contribution in [1.82, 2.24) is 9.97 Å². The fourth-order valence-electron chi connectivity index (χ4n) is 2.30. The van der Waals surface area contributed by atoms with Gasteiger partial charge in [0, 0.05) is 36.4 Å². The van der Waals surface area contributed by atoms with Crippen LogP contribution in [0.2, 0.25) is 0 Å². The van der Waals surface area contributed by atoms with E-state index >= 15 is 0 Å². The van der Waals surface area contributed by atoms with Crippen molar-refractivity contribution in [3.05, 3.63) is 66.1 Å². The second-order valence-corrected chi connectivity index (χ2v) is 4.76. The van der Waals surface area contributed by atoms with Gasteiger partial charge in [-0.05, 0) is 29.1 Å². The lowest BCUT2D eigenvalue weighted by Crippen LogP contribution is -2.05. The molecule has 0 atom stereocenters. The van der Waals surface area contributed by atoms with E-state index in [2.05, 4.69) is 9.97 Å². The van der Waals surface area contributed by atoms with Crippen LogP contribution in [-0.2, 0) is 13.0 Å². The Bertz CT molecular complexity index is 728. The van der Waals surface area contributed by atoms with Crippen LogP contribution in [0.3, 0.4) is 0 Å². The lowest BCUT2D eigenvalue weighted by atomic mass is 10.1. The predicted molar refractivity (Wildman–Crippen MR) is 83.1 cm³/mol. The molecule has 0 saturated carbocycles. The number of ether oxygens (including phenoxy) is 1. The summed E-state index contributed by atoms with van der Waals surface area (Å²) in [6, 6.07) is 13.9. The van der Waals surface area contributed by atoms with Gasteiger partial charge in [0.05, 0.1) is 6.61 Å². The van der Waals surface area contributed by atoms with Gasteiger partial charge in [-0.15, -0.1) is 0 Å². The molecule has 21 heavy (non-hydrogen) atoms. The van der Waals surface area contributed by atoms with Crippen LogP contribution in [0.25, 0.3) is 10.8 Å². The molecule has 1 aromatic carbocycles. The zero-order chi connectivity index (χ0) is 14.5. The molecule has 0 spiro atoms. The minimum absolute atomic E-state index is 0.474. The number of nitrogens with two attached hydrogens (primary N) is 1. The molecule has 0 radical (unpaired) electrons. The Morgan fingerprint density at radius 1 is 0.952 bits per heavy atom. The summed E-state index contributed by atoms with van der Waals surface area (Å²) < 4.78 is 5.83. The molecule has 0 saturated heterocycles. The van der Waals surface area contributed by atoms with Gasteiger partial charge >= 0.3 is 0 Å². The van der Waals surface area contributed by atoms with Gasteiger partial charge in [-0.25, -0.2) is 4.98 Å². The Hall–Kier alpha value is -2.46. The van der Waals surface area contributed by atoms with Crippen LogP contribution in [0.4, 0.5) is 0 Å². The molecule has 3 rings (SSSR count). The average Bonchev–Trinajstić information content (AvgIpc) is 2.56. The lowest BCUT2D eigenvalue weighted by molar-refractivity contribution is 0.312. The van der Waals surface area contributed by atoms with E-state index in [4.69, 9.17) is 10.5 Å². The van der Waals surface area contributed by atoms with E-state index in [1.807, 2.05) is 42.5 Å². The van der Waals surface area contributed by atoms with Gasteiger partial charge in [0.1, 0.15) is 0 Å². The highest BCUT2D eigenvalue weighted by Crippen LogP contribution is 2.25. The second kappa shape index (κ2) is 6.33. The van der Waals surface area contributed by atoms with Gasteiger partial charge < -0.3 is 10.5 Å². The Labute approximate surface area is 123 Å². The quantitative estimate of drug-likeness (QED) is 0.780. The fraction of sp³-hybridized carbons (Fsp3) is 0.176. The van der Waals surface area contributed by atoms with Crippen molar-refractivity contribution in [2.75, 3.05) is 6.61 Å². The topological polar surface area (TPSA) is 61.0 Å². The summed E-state index contributed by atoms with van der Waals surface area (Å²) in [7, 11) is 0. The van der Waals surface area contributed by atoms with Gasteiger partial charge in [0.15, 0.2) is 0 Å². The number of nitrogens with zero attached hydrogens (tertiary/aromatic N) is 2. The van der Waals surface area contributed by atoms with Crippen LogP contribution in [0.15, 0.2) is 54.9 Å². The summed E-state index contributed by atoms with van der Waals surface area (Å²) in [5.41, 5.74) is 7.80. The maximum atomic E-state index is 5.83. The van der Waals surface area contributed by atoms with E-state index in [0.717, 1.165) is 28.5 Å². The first-order valence-electron chi connectivity index (χ1n) is 6.98. The van der Waals surface area contributed by atoms with Crippen LogP contribution >= 0.6 is 0 Å². The Morgan fingerprint density at radius 3 is 2.52 bits per heavy atom. The highest BCUT2D eigenvalue weighted by Gasteiger charge is 2.07. The number of aromatic nitrogens is 2. The summed E-state index contributed by atoms with van der Waals surface area (Å²) in [4.78, 5) is 8.67. The normalized spacial score (nSPS) is 10.7. The monoisotopic (exact) mass is 279 g/mol. The van der Waals surface area contributed by atoms with Gasteiger partial charge in [0.25, 0.3) is 0 Å². The van der Waals surface area contributed by atoms with Crippen molar-refractivity contribution in [2.24, 2.45) is 5.73 Å². The number of hydrogen-bond donors (Lipinski definition) is 1. The Kier molecular flexibility index (Phi) is 4.07. The van der Waals surface area contributed by atoms with Gasteiger partial charge in [-0.3, -0.25) is 4.98 Å². The number of fused-ring (bicyclic) bond motifs is 1. The minimum Gasteiger partial charge on any atom is -0.477 e. The highest BCUT2D eigenvalue weighted by atomic mass is 16.5. The molecular formula is C17H17N3O. The molecule has 0 unspecified atom stereocenters.